The van der Waals surface area contributed by atoms with Gasteiger partial charge in [-0.15, -0.1) is 11.8 Å². The van der Waals surface area contributed by atoms with Crippen LogP contribution in [0.2, 0.25) is 5.02 Å². The molecular formula is C15H12Cl4N2OS. The van der Waals surface area contributed by atoms with Crippen molar-refractivity contribution in [1.82, 2.24) is 10.3 Å². The average molecular weight is 410 g/mol. The second-order valence-electron chi connectivity index (χ2n) is 4.57. The predicted molar refractivity (Wildman–Crippen MR) is 98.5 cm³/mol. The van der Waals surface area contributed by atoms with Gasteiger partial charge in [-0.05, 0) is 29.8 Å². The van der Waals surface area contributed by atoms with E-state index in [9.17, 15) is 4.79 Å². The van der Waals surface area contributed by atoms with Crippen LogP contribution in [0.3, 0.4) is 0 Å². The Bertz CT molecular complexity index is 647. The number of benzene rings is 1. The minimum atomic E-state index is -1.64. The number of thioether (sulfide) groups is 1. The minimum absolute atomic E-state index is 0.327. The van der Waals surface area contributed by atoms with Crippen LogP contribution in [0.4, 0.5) is 0 Å². The molecule has 2 aromatic rings. The fraction of sp³-hybridized carbons (Fsp3) is 0.200. The van der Waals surface area contributed by atoms with Crippen LogP contribution in [-0.2, 0) is 5.75 Å². The molecule has 1 aromatic heterocycles. The monoisotopic (exact) mass is 408 g/mol. The van der Waals surface area contributed by atoms with E-state index in [0.29, 0.717) is 16.3 Å². The van der Waals surface area contributed by atoms with Crippen molar-refractivity contribution in [3.63, 3.8) is 0 Å². The van der Waals surface area contributed by atoms with Crippen molar-refractivity contribution in [1.29, 1.82) is 0 Å². The summed E-state index contributed by atoms with van der Waals surface area (Å²) in [5, 5.41) is 2.68. The van der Waals surface area contributed by atoms with E-state index in [0.717, 1.165) is 5.56 Å². The molecule has 0 fully saturated rings. The fourth-order valence-corrected chi connectivity index (χ4v) is 3.47. The molecule has 0 saturated carbocycles. The third kappa shape index (κ3) is 6.05. The molecule has 3 nitrogen and oxygen atoms in total. The number of alkyl halides is 3. The molecule has 0 aliphatic rings. The summed E-state index contributed by atoms with van der Waals surface area (Å²) in [7, 11) is 0. The normalized spacial score (nSPS) is 12.7. The third-order valence-corrected chi connectivity index (χ3v) is 5.43. The van der Waals surface area contributed by atoms with Crippen LogP contribution in [0, 0.1) is 0 Å². The van der Waals surface area contributed by atoms with Gasteiger partial charge < -0.3 is 5.32 Å². The molecule has 0 bridgehead atoms. The molecule has 2 rings (SSSR count). The van der Waals surface area contributed by atoms with Crippen LogP contribution in [0.5, 0.6) is 0 Å². The summed E-state index contributed by atoms with van der Waals surface area (Å²) < 4.78 is -1.64. The molecule has 8 heteroatoms. The van der Waals surface area contributed by atoms with Gasteiger partial charge in [-0.2, -0.15) is 0 Å². The van der Waals surface area contributed by atoms with Gasteiger partial charge in [-0.1, -0.05) is 58.5 Å². The van der Waals surface area contributed by atoms with Gasteiger partial charge in [0.2, 0.25) is 3.79 Å². The lowest BCUT2D eigenvalue weighted by Gasteiger charge is -2.25. The number of hydrogen-bond donors (Lipinski definition) is 1. The van der Waals surface area contributed by atoms with Crippen LogP contribution in [0.15, 0.2) is 48.8 Å². The number of halogens is 4. The Morgan fingerprint density at radius 1 is 1.13 bits per heavy atom. The smallest absolute Gasteiger partial charge is 0.252 e. The maximum Gasteiger partial charge on any atom is 0.252 e. The third-order valence-electron chi connectivity index (χ3n) is 2.83. The number of amides is 1. The molecule has 23 heavy (non-hydrogen) atoms. The maximum absolute atomic E-state index is 12.2. The Morgan fingerprint density at radius 3 is 2.30 bits per heavy atom. The molecule has 0 saturated heterocycles. The number of rotatable bonds is 5. The minimum Gasteiger partial charge on any atom is -0.336 e. The van der Waals surface area contributed by atoms with E-state index in [1.54, 1.807) is 24.3 Å². The summed E-state index contributed by atoms with van der Waals surface area (Å²) >= 11 is 25.1. The molecule has 1 aromatic carbocycles. The van der Waals surface area contributed by atoms with Gasteiger partial charge in [0.1, 0.15) is 5.37 Å². The molecular weight excluding hydrogens is 398 g/mol. The van der Waals surface area contributed by atoms with Gasteiger partial charge in [0.15, 0.2) is 0 Å². The molecule has 0 spiro atoms. The Hall–Kier alpha value is -0.650. The maximum atomic E-state index is 12.2. The summed E-state index contributed by atoms with van der Waals surface area (Å²) in [6, 6.07) is 10.5. The Morgan fingerprint density at radius 2 is 1.74 bits per heavy atom. The zero-order valence-electron chi connectivity index (χ0n) is 11.7. The number of hydrogen-bond acceptors (Lipinski definition) is 3. The zero-order chi connectivity index (χ0) is 16.9. The second kappa shape index (κ2) is 8.45. The highest BCUT2D eigenvalue weighted by Crippen LogP contribution is 2.37. The number of nitrogens with one attached hydrogen (secondary N) is 1. The summed E-state index contributed by atoms with van der Waals surface area (Å²) in [5.74, 6) is 0.235. The first-order valence-electron chi connectivity index (χ1n) is 6.50. The first-order valence-corrected chi connectivity index (χ1v) is 9.06. The van der Waals surface area contributed by atoms with Crippen LogP contribution < -0.4 is 5.32 Å². The Kier molecular flexibility index (Phi) is 6.86. The molecule has 0 aliphatic heterocycles. The lowest BCUT2D eigenvalue weighted by Crippen LogP contribution is -2.41. The van der Waals surface area contributed by atoms with Crippen molar-refractivity contribution in [2.24, 2.45) is 0 Å². The highest BCUT2D eigenvalue weighted by atomic mass is 35.6. The lowest BCUT2D eigenvalue weighted by molar-refractivity contribution is 0.0950. The van der Waals surface area contributed by atoms with E-state index in [1.807, 2.05) is 12.1 Å². The highest BCUT2D eigenvalue weighted by molar-refractivity contribution is 7.99. The van der Waals surface area contributed by atoms with Crippen molar-refractivity contribution in [2.75, 3.05) is 0 Å². The van der Waals surface area contributed by atoms with Crippen LogP contribution in [-0.4, -0.2) is 20.1 Å². The lowest BCUT2D eigenvalue weighted by atomic mass is 10.2. The summed E-state index contributed by atoms with van der Waals surface area (Å²) in [4.78, 5) is 16.1. The topological polar surface area (TPSA) is 42.0 Å². The van der Waals surface area contributed by atoms with Gasteiger partial charge in [-0.3, -0.25) is 9.78 Å². The molecule has 1 atom stereocenters. The van der Waals surface area contributed by atoms with Crippen LogP contribution in [0.1, 0.15) is 15.9 Å². The van der Waals surface area contributed by atoms with E-state index in [2.05, 4.69) is 10.3 Å². The van der Waals surface area contributed by atoms with E-state index in [4.69, 9.17) is 46.4 Å². The SMILES string of the molecule is O=C(NC(SCc1ccc(Cl)cc1)C(Cl)(Cl)Cl)c1ccncc1. The summed E-state index contributed by atoms with van der Waals surface area (Å²) in [6.45, 7) is 0. The molecule has 0 aliphatic carbocycles. The average Bonchev–Trinajstić information content (AvgIpc) is 2.52. The van der Waals surface area contributed by atoms with E-state index in [-0.39, 0.29) is 5.91 Å². The Labute approximate surface area is 158 Å². The van der Waals surface area contributed by atoms with Gasteiger partial charge in [0.05, 0.1) is 0 Å². The summed E-state index contributed by atoms with van der Waals surface area (Å²) in [6.07, 6.45) is 3.06. The molecule has 1 N–H and O–H groups in total. The zero-order valence-corrected chi connectivity index (χ0v) is 15.5. The number of pyridine rings is 1. The molecule has 1 heterocycles. The van der Waals surface area contributed by atoms with Crippen LogP contribution in [0.25, 0.3) is 0 Å². The number of aromatic nitrogens is 1. The molecule has 0 radical (unpaired) electrons. The van der Waals surface area contributed by atoms with Gasteiger partial charge in [0, 0.05) is 28.7 Å². The van der Waals surface area contributed by atoms with Crippen molar-refractivity contribution in [2.45, 2.75) is 14.9 Å². The van der Waals surface area contributed by atoms with Crippen molar-refractivity contribution >= 4 is 64.1 Å². The van der Waals surface area contributed by atoms with E-state index >= 15 is 0 Å². The predicted octanol–water partition coefficient (Wildman–Crippen LogP) is 5.09. The van der Waals surface area contributed by atoms with E-state index in [1.165, 1.54) is 24.2 Å². The first-order chi connectivity index (χ1) is 10.9. The molecule has 1 unspecified atom stereocenters. The van der Waals surface area contributed by atoms with E-state index < -0.39 is 9.17 Å². The standard InChI is InChI=1S/C15H12Cl4N2OS/c16-12-3-1-10(2-4-12)9-23-14(15(17,18)19)21-13(22)11-5-7-20-8-6-11/h1-8,14H,9H2,(H,21,22). The first kappa shape index (κ1) is 18.7. The van der Waals surface area contributed by atoms with Gasteiger partial charge in [0.25, 0.3) is 5.91 Å². The van der Waals surface area contributed by atoms with Crippen molar-refractivity contribution < 1.29 is 4.79 Å². The number of carbonyl (C=O) groups excluding carboxylic acids is 1. The fourth-order valence-electron chi connectivity index (χ4n) is 1.68. The second-order valence-corrected chi connectivity index (χ2v) is 8.47. The Balaban J connectivity index is 2.03. The van der Waals surface area contributed by atoms with Gasteiger partial charge in [-0.25, -0.2) is 0 Å². The number of carbonyl (C=O) groups is 1. The highest BCUT2D eigenvalue weighted by Gasteiger charge is 2.34. The quantitative estimate of drug-likeness (QED) is 0.552. The number of nitrogens with zero attached hydrogens (tertiary/aromatic N) is 1. The molecule has 122 valence electrons. The van der Waals surface area contributed by atoms with Gasteiger partial charge >= 0.3 is 0 Å². The molecule has 1 amide bonds. The summed E-state index contributed by atoms with van der Waals surface area (Å²) in [5.41, 5.74) is 1.46. The largest absolute Gasteiger partial charge is 0.336 e. The van der Waals surface area contributed by atoms with Crippen molar-refractivity contribution in [3.8, 4) is 0 Å². The van der Waals surface area contributed by atoms with Crippen molar-refractivity contribution in [3.05, 3.63) is 64.9 Å². The van der Waals surface area contributed by atoms with Crippen LogP contribution >= 0.6 is 58.2 Å².